The van der Waals surface area contributed by atoms with Crippen molar-refractivity contribution in [1.82, 2.24) is 10.7 Å². The highest BCUT2D eigenvalue weighted by atomic mass is 35.5. The highest BCUT2D eigenvalue weighted by Crippen LogP contribution is 2.20. The summed E-state index contributed by atoms with van der Waals surface area (Å²) in [4.78, 5) is 23.6. The molecule has 0 aromatic heterocycles. The van der Waals surface area contributed by atoms with Crippen LogP contribution in [0.5, 0.6) is 0 Å². The summed E-state index contributed by atoms with van der Waals surface area (Å²) in [5, 5.41) is 7.36. The van der Waals surface area contributed by atoms with Gasteiger partial charge in [-0.2, -0.15) is 5.10 Å². The fraction of sp³-hybridized carbons (Fsp3) is 0.0625. The minimum atomic E-state index is -0.489. The monoisotopic (exact) mass is 383 g/mol. The van der Waals surface area contributed by atoms with Gasteiger partial charge >= 0.3 is 0 Å². The summed E-state index contributed by atoms with van der Waals surface area (Å²) in [7, 11) is 0. The van der Waals surface area contributed by atoms with E-state index in [1.165, 1.54) is 24.4 Å². The van der Waals surface area contributed by atoms with Crippen molar-refractivity contribution < 1.29 is 9.59 Å². The third-order valence-corrected chi connectivity index (χ3v) is 3.78. The summed E-state index contributed by atoms with van der Waals surface area (Å²) >= 11 is 17.6. The molecule has 2 amide bonds. The minimum absolute atomic E-state index is 0.206. The summed E-state index contributed by atoms with van der Waals surface area (Å²) < 4.78 is 0. The summed E-state index contributed by atoms with van der Waals surface area (Å²) in [6.07, 6.45) is 1.41. The van der Waals surface area contributed by atoms with E-state index in [0.717, 1.165) is 0 Å². The molecule has 0 atom stereocenters. The van der Waals surface area contributed by atoms with Gasteiger partial charge in [-0.3, -0.25) is 9.59 Å². The van der Waals surface area contributed by atoms with Crippen molar-refractivity contribution in [3.05, 3.63) is 68.7 Å². The molecular weight excluding hydrogens is 373 g/mol. The van der Waals surface area contributed by atoms with Gasteiger partial charge in [-0.1, -0.05) is 53.0 Å². The Labute approximate surface area is 153 Å². The van der Waals surface area contributed by atoms with Crippen molar-refractivity contribution in [3.63, 3.8) is 0 Å². The number of carbonyl (C=O) groups excluding carboxylic acids is 2. The van der Waals surface area contributed by atoms with Crippen LogP contribution in [0.2, 0.25) is 15.1 Å². The van der Waals surface area contributed by atoms with E-state index in [1.54, 1.807) is 24.3 Å². The van der Waals surface area contributed by atoms with E-state index in [1.807, 2.05) is 0 Å². The first-order valence-corrected chi connectivity index (χ1v) is 7.90. The Morgan fingerprint density at radius 2 is 1.79 bits per heavy atom. The smallest absolute Gasteiger partial charge is 0.259 e. The van der Waals surface area contributed by atoms with E-state index < -0.39 is 11.8 Å². The van der Waals surface area contributed by atoms with E-state index in [-0.39, 0.29) is 17.1 Å². The van der Waals surface area contributed by atoms with Gasteiger partial charge in [-0.25, -0.2) is 5.43 Å². The van der Waals surface area contributed by atoms with Gasteiger partial charge in [-0.05, 0) is 24.3 Å². The zero-order valence-corrected chi connectivity index (χ0v) is 14.5. The molecule has 0 saturated heterocycles. The van der Waals surface area contributed by atoms with E-state index >= 15 is 0 Å². The predicted molar refractivity (Wildman–Crippen MR) is 96.0 cm³/mol. The van der Waals surface area contributed by atoms with Gasteiger partial charge in [0.15, 0.2) is 0 Å². The number of benzene rings is 2. The molecule has 0 spiro atoms. The Morgan fingerprint density at radius 1 is 1.04 bits per heavy atom. The Kier molecular flexibility index (Phi) is 6.61. The molecule has 0 aliphatic heterocycles. The van der Waals surface area contributed by atoms with Crippen LogP contribution in [-0.2, 0) is 4.79 Å². The lowest BCUT2D eigenvalue weighted by molar-refractivity contribution is -0.120. The second-order valence-corrected chi connectivity index (χ2v) is 5.87. The maximum absolute atomic E-state index is 11.9. The number of hydrogen-bond donors (Lipinski definition) is 2. The van der Waals surface area contributed by atoms with Crippen LogP contribution in [0.3, 0.4) is 0 Å². The number of carbonyl (C=O) groups is 2. The molecule has 124 valence electrons. The Hall–Kier alpha value is -2.08. The zero-order chi connectivity index (χ0) is 17.5. The molecule has 0 bridgehead atoms. The molecule has 2 aromatic carbocycles. The van der Waals surface area contributed by atoms with Crippen LogP contribution in [0.25, 0.3) is 0 Å². The van der Waals surface area contributed by atoms with E-state index in [2.05, 4.69) is 15.8 Å². The van der Waals surface area contributed by atoms with Crippen molar-refractivity contribution in [3.8, 4) is 0 Å². The SMILES string of the molecule is O=C(CNC(=O)c1ccc(Cl)cc1Cl)N/N=C\c1ccccc1Cl. The molecule has 0 fully saturated rings. The highest BCUT2D eigenvalue weighted by Gasteiger charge is 2.11. The molecule has 0 radical (unpaired) electrons. The molecule has 24 heavy (non-hydrogen) atoms. The zero-order valence-electron chi connectivity index (χ0n) is 12.2. The topological polar surface area (TPSA) is 70.6 Å². The van der Waals surface area contributed by atoms with Crippen LogP contribution >= 0.6 is 34.8 Å². The first-order chi connectivity index (χ1) is 11.5. The van der Waals surface area contributed by atoms with Gasteiger partial charge in [0.2, 0.25) is 0 Å². The Balaban J connectivity index is 1.85. The molecule has 0 heterocycles. The van der Waals surface area contributed by atoms with Gasteiger partial charge in [0.25, 0.3) is 11.8 Å². The van der Waals surface area contributed by atoms with Gasteiger partial charge in [-0.15, -0.1) is 0 Å². The molecule has 5 nitrogen and oxygen atoms in total. The van der Waals surface area contributed by atoms with Crippen LogP contribution in [0.1, 0.15) is 15.9 Å². The normalized spacial score (nSPS) is 10.6. The molecule has 2 N–H and O–H groups in total. The van der Waals surface area contributed by atoms with Crippen molar-refractivity contribution >= 4 is 52.8 Å². The van der Waals surface area contributed by atoms with Crippen LogP contribution < -0.4 is 10.7 Å². The van der Waals surface area contributed by atoms with Crippen molar-refractivity contribution in [1.29, 1.82) is 0 Å². The average molecular weight is 385 g/mol. The largest absolute Gasteiger partial charge is 0.343 e. The molecule has 0 aliphatic rings. The second kappa shape index (κ2) is 8.68. The molecule has 2 rings (SSSR count). The number of hydrogen-bond acceptors (Lipinski definition) is 3. The summed E-state index contributed by atoms with van der Waals surface area (Å²) in [6, 6.07) is 11.5. The van der Waals surface area contributed by atoms with Crippen LogP contribution in [0, 0.1) is 0 Å². The lowest BCUT2D eigenvalue weighted by atomic mass is 10.2. The third kappa shape index (κ3) is 5.23. The molecule has 8 heteroatoms. The molecule has 0 saturated carbocycles. The van der Waals surface area contributed by atoms with Crippen LogP contribution in [-0.4, -0.2) is 24.6 Å². The van der Waals surface area contributed by atoms with Gasteiger partial charge < -0.3 is 5.32 Å². The molecule has 0 aliphatic carbocycles. The Bertz CT molecular complexity index is 794. The van der Waals surface area contributed by atoms with Crippen molar-refractivity contribution in [2.24, 2.45) is 5.10 Å². The summed E-state index contributed by atoms with van der Waals surface area (Å²) in [5.41, 5.74) is 3.19. The van der Waals surface area contributed by atoms with Crippen molar-refractivity contribution in [2.75, 3.05) is 6.54 Å². The van der Waals surface area contributed by atoms with Gasteiger partial charge in [0.1, 0.15) is 0 Å². The number of nitrogens with zero attached hydrogens (tertiary/aromatic N) is 1. The molecule has 0 unspecified atom stereocenters. The summed E-state index contributed by atoms with van der Waals surface area (Å²) in [6.45, 7) is -0.252. The Morgan fingerprint density at radius 3 is 2.50 bits per heavy atom. The molecule has 2 aromatic rings. The highest BCUT2D eigenvalue weighted by molar-refractivity contribution is 6.36. The lowest BCUT2D eigenvalue weighted by Gasteiger charge is -2.06. The first-order valence-electron chi connectivity index (χ1n) is 6.77. The number of rotatable bonds is 5. The average Bonchev–Trinajstić information content (AvgIpc) is 2.54. The van der Waals surface area contributed by atoms with Gasteiger partial charge in [0.05, 0.1) is 23.3 Å². The third-order valence-electron chi connectivity index (χ3n) is 2.88. The number of halogens is 3. The van der Waals surface area contributed by atoms with E-state index in [9.17, 15) is 9.59 Å². The fourth-order valence-corrected chi connectivity index (χ4v) is 2.40. The van der Waals surface area contributed by atoms with E-state index in [0.29, 0.717) is 15.6 Å². The van der Waals surface area contributed by atoms with Crippen LogP contribution in [0.15, 0.2) is 47.6 Å². The minimum Gasteiger partial charge on any atom is -0.343 e. The number of amides is 2. The molecular formula is C16H12Cl3N3O2. The number of nitrogens with one attached hydrogen (secondary N) is 2. The van der Waals surface area contributed by atoms with Crippen molar-refractivity contribution in [2.45, 2.75) is 0 Å². The predicted octanol–water partition coefficient (Wildman–Crippen LogP) is 3.53. The lowest BCUT2D eigenvalue weighted by Crippen LogP contribution is -2.35. The number of hydrazone groups is 1. The van der Waals surface area contributed by atoms with E-state index in [4.69, 9.17) is 34.8 Å². The quantitative estimate of drug-likeness (QED) is 0.611. The first kappa shape index (κ1) is 18.3. The second-order valence-electron chi connectivity index (χ2n) is 4.62. The standard InChI is InChI=1S/C16H12Cl3N3O2/c17-11-5-6-12(14(19)7-11)16(24)20-9-15(23)22-21-8-10-3-1-2-4-13(10)18/h1-8H,9H2,(H,20,24)(H,22,23)/b21-8-. The van der Waals surface area contributed by atoms with Gasteiger partial charge in [0, 0.05) is 15.6 Å². The fourth-order valence-electron chi connectivity index (χ4n) is 1.72. The summed E-state index contributed by atoms with van der Waals surface area (Å²) in [5.74, 6) is -0.973. The maximum atomic E-state index is 11.9. The maximum Gasteiger partial charge on any atom is 0.259 e. The van der Waals surface area contributed by atoms with Crippen LogP contribution in [0.4, 0.5) is 0 Å².